The number of amides is 2. The molecule has 0 bridgehead atoms. The van der Waals surface area contributed by atoms with Crippen LogP contribution in [0.3, 0.4) is 0 Å². The number of nitrogens with two attached hydrogens (primary N) is 1. The molecule has 0 aromatic heterocycles. The molecular formula is C19H23N3O3. The minimum atomic E-state index is -0.591. The maximum Gasteiger partial charge on any atom is 0.259 e. The van der Waals surface area contributed by atoms with Crippen molar-refractivity contribution in [2.24, 2.45) is 11.7 Å². The van der Waals surface area contributed by atoms with E-state index in [2.05, 4.69) is 10.6 Å². The Morgan fingerprint density at radius 1 is 1.00 bits per heavy atom. The third-order valence-corrected chi connectivity index (χ3v) is 3.76. The van der Waals surface area contributed by atoms with E-state index in [4.69, 9.17) is 10.5 Å². The molecule has 6 nitrogen and oxygen atoms in total. The zero-order valence-corrected chi connectivity index (χ0v) is 14.6. The van der Waals surface area contributed by atoms with Crippen LogP contribution in [0.5, 0.6) is 5.75 Å². The summed E-state index contributed by atoms with van der Waals surface area (Å²) < 4.78 is 5.20. The lowest BCUT2D eigenvalue weighted by molar-refractivity contribution is -0.118. The van der Waals surface area contributed by atoms with Crippen LogP contribution in [0.15, 0.2) is 48.5 Å². The predicted molar refractivity (Wildman–Crippen MR) is 98.8 cm³/mol. The van der Waals surface area contributed by atoms with Crippen molar-refractivity contribution in [3.8, 4) is 5.75 Å². The number of nitrogens with one attached hydrogen (secondary N) is 2. The highest BCUT2D eigenvalue weighted by Crippen LogP contribution is 2.21. The van der Waals surface area contributed by atoms with Gasteiger partial charge in [0.05, 0.1) is 18.7 Å². The van der Waals surface area contributed by atoms with Gasteiger partial charge in [0, 0.05) is 11.4 Å². The van der Waals surface area contributed by atoms with Crippen molar-refractivity contribution in [1.82, 2.24) is 0 Å². The average Bonchev–Trinajstić information content (AvgIpc) is 2.61. The van der Waals surface area contributed by atoms with Crippen LogP contribution in [-0.2, 0) is 4.79 Å². The lowest BCUT2D eigenvalue weighted by atomic mass is 10.0. The van der Waals surface area contributed by atoms with Crippen molar-refractivity contribution in [2.75, 3.05) is 17.7 Å². The van der Waals surface area contributed by atoms with Gasteiger partial charge in [-0.15, -0.1) is 0 Å². The van der Waals surface area contributed by atoms with Gasteiger partial charge in [-0.3, -0.25) is 9.59 Å². The van der Waals surface area contributed by atoms with Crippen LogP contribution < -0.4 is 21.1 Å². The van der Waals surface area contributed by atoms with E-state index in [9.17, 15) is 9.59 Å². The number of ether oxygens (including phenoxy) is 1. The molecule has 0 unspecified atom stereocenters. The highest BCUT2D eigenvalue weighted by atomic mass is 16.5. The monoisotopic (exact) mass is 341 g/mol. The molecular weight excluding hydrogens is 318 g/mol. The molecule has 0 spiro atoms. The standard InChI is InChI=1S/C19H23N3O3/c1-12(2)17(20)19(24)22-14-8-6-7-13(11-14)21-18(23)15-9-4-5-10-16(15)25-3/h4-12,17H,20H2,1-3H3,(H,21,23)(H,22,24)/t17-/m1/s1. The molecule has 0 heterocycles. The van der Waals surface area contributed by atoms with Crippen molar-refractivity contribution in [3.63, 3.8) is 0 Å². The fourth-order valence-electron chi connectivity index (χ4n) is 2.23. The molecule has 0 aliphatic heterocycles. The summed E-state index contributed by atoms with van der Waals surface area (Å²) in [7, 11) is 1.51. The third kappa shape index (κ3) is 4.81. The van der Waals surface area contributed by atoms with Crippen LogP contribution in [0.25, 0.3) is 0 Å². The van der Waals surface area contributed by atoms with Crippen molar-refractivity contribution in [2.45, 2.75) is 19.9 Å². The van der Waals surface area contributed by atoms with Crippen molar-refractivity contribution >= 4 is 23.2 Å². The molecule has 0 saturated carbocycles. The Hall–Kier alpha value is -2.86. The Morgan fingerprint density at radius 2 is 1.64 bits per heavy atom. The van der Waals surface area contributed by atoms with E-state index in [1.807, 2.05) is 13.8 Å². The van der Waals surface area contributed by atoms with Gasteiger partial charge < -0.3 is 21.1 Å². The van der Waals surface area contributed by atoms with E-state index in [1.54, 1.807) is 48.5 Å². The SMILES string of the molecule is COc1ccccc1C(=O)Nc1cccc(NC(=O)[C@H](N)C(C)C)c1. The smallest absolute Gasteiger partial charge is 0.259 e. The fraction of sp³-hybridized carbons (Fsp3) is 0.263. The van der Waals surface area contributed by atoms with Gasteiger partial charge >= 0.3 is 0 Å². The van der Waals surface area contributed by atoms with Gasteiger partial charge in [0.15, 0.2) is 0 Å². The van der Waals surface area contributed by atoms with Gasteiger partial charge in [0.1, 0.15) is 5.75 Å². The maximum absolute atomic E-state index is 12.4. The lowest BCUT2D eigenvalue weighted by Gasteiger charge is -2.16. The first kappa shape index (κ1) is 18.5. The summed E-state index contributed by atoms with van der Waals surface area (Å²) in [5.74, 6) is -0.0243. The fourth-order valence-corrected chi connectivity index (χ4v) is 2.23. The Morgan fingerprint density at radius 3 is 2.28 bits per heavy atom. The summed E-state index contributed by atoms with van der Waals surface area (Å²) in [6, 6.07) is 13.3. The number of hydrogen-bond acceptors (Lipinski definition) is 4. The van der Waals surface area contributed by atoms with Crippen LogP contribution in [0, 0.1) is 5.92 Å². The molecule has 0 fully saturated rings. The molecule has 25 heavy (non-hydrogen) atoms. The van der Waals surface area contributed by atoms with Gasteiger partial charge in [-0.05, 0) is 36.2 Å². The number of methoxy groups -OCH3 is 1. The zero-order valence-electron chi connectivity index (χ0n) is 14.6. The minimum absolute atomic E-state index is 0.0356. The van der Waals surface area contributed by atoms with E-state index in [-0.39, 0.29) is 17.7 Å². The second-order valence-corrected chi connectivity index (χ2v) is 5.99. The van der Waals surface area contributed by atoms with E-state index in [1.165, 1.54) is 7.11 Å². The van der Waals surface area contributed by atoms with E-state index < -0.39 is 6.04 Å². The van der Waals surface area contributed by atoms with Gasteiger partial charge in [-0.1, -0.05) is 32.0 Å². The molecule has 0 aliphatic carbocycles. The topological polar surface area (TPSA) is 93.5 Å². The maximum atomic E-state index is 12.4. The third-order valence-electron chi connectivity index (χ3n) is 3.76. The predicted octanol–water partition coefficient (Wildman–Crippen LogP) is 2.87. The Labute approximate surface area is 147 Å². The summed E-state index contributed by atoms with van der Waals surface area (Å²) >= 11 is 0. The first-order valence-electron chi connectivity index (χ1n) is 8.03. The number of para-hydroxylation sites is 1. The Bertz CT molecular complexity index is 759. The number of carbonyl (C=O) groups is 2. The molecule has 0 saturated heterocycles. The molecule has 4 N–H and O–H groups in total. The first-order valence-corrected chi connectivity index (χ1v) is 8.03. The largest absolute Gasteiger partial charge is 0.496 e. The molecule has 0 aliphatic rings. The minimum Gasteiger partial charge on any atom is -0.496 e. The summed E-state index contributed by atoms with van der Waals surface area (Å²) in [5, 5.41) is 5.56. The molecule has 132 valence electrons. The molecule has 2 rings (SSSR count). The zero-order chi connectivity index (χ0) is 18.4. The van der Waals surface area contributed by atoms with Crippen LogP contribution in [-0.4, -0.2) is 25.0 Å². The average molecular weight is 341 g/mol. The van der Waals surface area contributed by atoms with Crippen LogP contribution in [0.1, 0.15) is 24.2 Å². The quantitative estimate of drug-likeness (QED) is 0.753. The lowest BCUT2D eigenvalue weighted by Crippen LogP contribution is -2.39. The van der Waals surface area contributed by atoms with Crippen LogP contribution in [0.2, 0.25) is 0 Å². The van der Waals surface area contributed by atoms with Gasteiger partial charge in [0.2, 0.25) is 5.91 Å². The summed E-state index contributed by atoms with van der Waals surface area (Å²) in [6.45, 7) is 3.77. The van der Waals surface area contributed by atoms with Crippen LogP contribution >= 0.6 is 0 Å². The molecule has 0 radical (unpaired) electrons. The summed E-state index contributed by atoms with van der Waals surface area (Å²) in [5.41, 5.74) is 7.40. The number of rotatable bonds is 6. The first-order chi connectivity index (χ1) is 11.9. The van der Waals surface area contributed by atoms with E-state index in [0.29, 0.717) is 22.7 Å². The molecule has 2 amide bonds. The summed E-state index contributed by atoms with van der Waals surface area (Å²) in [4.78, 5) is 24.5. The highest BCUT2D eigenvalue weighted by molar-refractivity contribution is 6.06. The van der Waals surface area contributed by atoms with E-state index >= 15 is 0 Å². The van der Waals surface area contributed by atoms with Crippen molar-refractivity contribution in [1.29, 1.82) is 0 Å². The van der Waals surface area contributed by atoms with Crippen molar-refractivity contribution in [3.05, 3.63) is 54.1 Å². The highest BCUT2D eigenvalue weighted by Gasteiger charge is 2.17. The normalized spacial score (nSPS) is 11.7. The molecule has 6 heteroatoms. The second kappa shape index (κ2) is 8.30. The van der Waals surface area contributed by atoms with Crippen LogP contribution in [0.4, 0.5) is 11.4 Å². The Balaban J connectivity index is 2.11. The van der Waals surface area contributed by atoms with Gasteiger partial charge in [-0.25, -0.2) is 0 Å². The Kier molecular flexibility index (Phi) is 6.14. The molecule has 2 aromatic rings. The van der Waals surface area contributed by atoms with Gasteiger partial charge in [0.25, 0.3) is 5.91 Å². The molecule has 2 aromatic carbocycles. The summed E-state index contributed by atoms with van der Waals surface area (Å²) in [6.07, 6.45) is 0. The number of hydrogen-bond donors (Lipinski definition) is 3. The molecule has 1 atom stereocenters. The van der Waals surface area contributed by atoms with Gasteiger partial charge in [-0.2, -0.15) is 0 Å². The van der Waals surface area contributed by atoms with E-state index in [0.717, 1.165) is 0 Å². The number of carbonyl (C=O) groups excluding carboxylic acids is 2. The second-order valence-electron chi connectivity index (χ2n) is 5.99. The van der Waals surface area contributed by atoms with Crippen molar-refractivity contribution < 1.29 is 14.3 Å². The number of benzene rings is 2. The number of anilines is 2.